The van der Waals surface area contributed by atoms with E-state index in [0.717, 1.165) is 37.3 Å². The highest BCUT2D eigenvalue weighted by molar-refractivity contribution is 5.83. The average molecular weight is 404 g/mol. The minimum atomic E-state index is -0.337. The lowest BCUT2D eigenvalue weighted by atomic mass is 9.99. The van der Waals surface area contributed by atoms with Crippen molar-refractivity contribution in [1.29, 1.82) is 0 Å². The maximum Gasteiger partial charge on any atom is 0.243 e. The number of carbonyl (C=O) groups excluding carboxylic acids is 1. The molecular weight excluding hydrogens is 374 g/mol. The highest BCUT2D eigenvalue weighted by atomic mass is 16.2. The summed E-state index contributed by atoms with van der Waals surface area (Å²) in [6.45, 7) is 6.43. The normalized spacial score (nSPS) is 16.4. The lowest BCUT2D eigenvalue weighted by molar-refractivity contribution is -0.127. The molecule has 0 saturated heterocycles. The third-order valence-corrected chi connectivity index (χ3v) is 5.67. The molecule has 0 saturated carbocycles. The molecule has 2 aromatic heterocycles. The van der Waals surface area contributed by atoms with Crippen LogP contribution in [-0.2, 0) is 24.2 Å². The van der Waals surface area contributed by atoms with E-state index < -0.39 is 0 Å². The molecule has 1 N–H and O–H groups in total. The number of fused-ring (bicyclic) bond motifs is 1. The molecule has 4 rings (SSSR count). The molecule has 0 bridgehead atoms. The van der Waals surface area contributed by atoms with Gasteiger partial charge in [0.25, 0.3) is 0 Å². The molecule has 6 nitrogen and oxygen atoms in total. The Hall–Kier alpha value is -2.99. The second-order valence-corrected chi connectivity index (χ2v) is 8.08. The van der Waals surface area contributed by atoms with Crippen LogP contribution in [0.2, 0.25) is 0 Å². The Morgan fingerprint density at radius 1 is 1.13 bits per heavy atom. The van der Waals surface area contributed by atoms with Crippen LogP contribution in [0, 0.1) is 0 Å². The molecule has 0 fully saturated rings. The fraction of sp³-hybridized carbons (Fsp3) is 0.375. The topological polar surface area (TPSA) is 63.1 Å². The number of aromatic nitrogens is 3. The van der Waals surface area contributed by atoms with Crippen LogP contribution >= 0.6 is 0 Å². The van der Waals surface area contributed by atoms with E-state index in [1.54, 1.807) is 12.4 Å². The summed E-state index contributed by atoms with van der Waals surface area (Å²) in [6, 6.07) is 14.2. The molecule has 0 spiro atoms. The van der Waals surface area contributed by atoms with Crippen LogP contribution in [0.25, 0.3) is 0 Å². The van der Waals surface area contributed by atoms with Gasteiger partial charge in [-0.2, -0.15) is 0 Å². The predicted molar refractivity (Wildman–Crippen MR) is 117 cm³/mol. The Kier molecular flexibility index (Phi) is 6.23. The molecule has 0 radical (unpaired) electrons. The van der Waals surface area contributed by atoms with Gasteiger partial charge in [0.1, 0.15) is 6.04 Å². The van der Waals surface area contributed by atoms with E-state index in [1.807, 2.05) is 36.7 Å². The van der Waals surface area contributed by atoms with Crippen molar-refractivity contribution >= 4 is 5.91 Å². The fourth-order valence-electron chi connectivity index (χ4n) is 4.12. The van der Waals surface area contributed by atoms with E-state index in [-0.39, 0.29) is 18.0 Å². The van der Waals surface area contributed by atoms with Crippen LogP contribution in [-0.4, -0.2) is 38.4 Å². The van der Waals surface area contributed by atoms with Gasteiger partial charge in [-0.1, -0.05) is 30.3 Å². The van der Waals surface area contributed by atoms with Gasteiger partial charge in [-0.25, -0.2) is 4.98 Å². The molecule has 0 aliphatic carbocycles. The van der Waals surface area contributed by atoms with Crippen LogP contribution in [0.3, 0.4) is 0 Å². The van der Waals surface area contributed by atoms with Crippen molar-refractivity contribution < 1.29 is 4.79 Å². The van der Waals surface area contributed by atoms with Crippen molar-refractivity contribution in [2.24, 2.45) is 0 Å². The monoisotopic (exact) mass is 403 g/mol. The van der Waals surface area contributed by atoms with Gasteiger partial charge in [0.15, 0.2) is 0 Å². The first kappa shape index (κ1) is 20.3. The second kappa shape index (κ2) is 9.22. The zero-order chi connectivity index (χ0) is 20.9. The van der Waals surface area contributed by atoms with Crippen molar-refractivity contribution in [2.75, 3.05) is 13.1 Å². The van der Waals surface area contributed by atoms with E-state index in [0.29, 0.717) is 6.54 Å². The summed E-state index contributed by atoms with van der Waals surface area (Å²) in [6.07, 6.45) is 7.11. The third-order valence-electron chi connectivity index (χ3n) is 5.67. The minimum absolute atomic E-state index is 0.0448. The molecule has 1 aliphatic rings. The first-order valence-electron chi connectivity index (χ1n) is 10.6. The van der Waals surface area contributed by atoms with E-state index >= 15 is 0 Å². The number of hydrogen-bond acceptors (Lipinski definition) is 4. The minimum Gasteiger partial charge on any atom is -0.354 e. The molecule has 1 aliphatic heterocycles. The Morgan fingerprint density at radius 2 is 1.90 bits per heavy atom. The molecule has 6 heteroatoms. The molecule has 156 valence electrons. The van der Waals surface area contributed by atoms with Gasteiger partial charge in [0.05, 0.1) is 17.7 Å². The summed E-state index contributed by atoms with van der Waals surface area (Å²) < 4.78 is 2.15. The highest BCUT2D eigenvalue weighted by Gasteiger charge is 2.36. The van der Waals surface area contributed by atoms with E-state index in [1.165, 1.54) is 11.1 Å². The zero-order valence-electron chi connectivity index (χ0n) is 17.7. The number of benzene rings is 1. The second-order valence-electron chi connectivity index (χ2n) is 8.08. The number of amides is 1. The van der Waals surface area contributed by atoms with Gasteiger partial charge in [-0.3, -0.25) is 14.7 Å². The van der Waals surface area contributed by atoms with Crippen LogP contribution < -0.4 is 5.32 Å². The van der Waals surface area contributed by atoms with E-state index in [4.69, 9.17) is 0 Å². The molecule has 3 aromatic rings. The molecule has 3 heterocycles. The standard InChI is InChI=1S/C24H29N5O/c1-18(2)29-17-27-21-11-15-28(16-20-6-4-3-5-7-20)23(22(21)29)24(30)26-14-10-19-8-12-25-13-9-19/h3-9,12-13,17-18,23H,10-11,14-16H2,1-2H3,(H,26,30). The Bertz CT molecular complexity index is 968. The number of imidazole rings is 1. The van der Waals surface area contributed by atoms with Crippen molar-refractivity contribution in [3.63, 3.8) is 0 Å². The Morgan fingerprint density at radius 3 is 2.63 bits per heavy atom. The van der Waals surface area contributed by atoms with Gasteiger partial charge in [-0.05, 0) is 43.5 Å². The lowest BCUT2D eigenvalue weighted by Crippen LogP contribution is -2.45. The fourth-order valence-corrected chi connectivity index (χ4v) is 4.12. The number of nitrogens with one attached hydrogen (secondary N) is 1. The smallest absolute Gasteiger partial charge is 0.243 e. The van der Waals surface area contributed by atoms with Crippen molar-refractivity contribution in [1.82, 2.24) is 24.8 Å². The number of pyridine rings is 1. The first-order valence-corrected chi connectivity index (χ1v) is 10.6. The van der Waals surface area contributed by atoms with Gasteiger partial charge >= 0.3 is 0 Å². The molecule has 1 atom stereocenters. The predicted octanol–water partition coefficient (Wildman–Crippen LogP) is 3.32. The summed E-state index contributed by atoms with van der Waals surface area (Å²) in [5.41, 5.74) is 4.46. The number of carbonyl (C=O) groups is 1. The molecular formula is C24H29N5O. The molecule has 1 amide bonds. The van der Waals surface area contributed by atoms with Gasteiger partial charge < -0.3 is 9.88 Å². The van der Waals surface area contributed by atoms with Crippen molar-refractivity contribution in [3.8, 4) is 0 Å². The van der Waals surface area contributed by atoms with Gasteiger partial charge in [0.2, 0.25) is 5.91 Å². The summed E-state index contributed by atoms with van der Waals surface area (Å²) >= 11 is 0. The van der Waals surface area contributed by atoms with Crippen molar-refractivity contribution in [3.05, 3.63) is 83.7 Å². The summed E-state index contributed by atoms with van der Waals surface area (Å²) in [7, 11) is 0. The van der Waals surface area contributed by atoms with Crippen LogP contribution in [0.4, 0.5) is 0 Å². The quantitative estimate of drug-likeness (QED) is 0.657. The maximum absolute atomic E-state index is 13.4. The van der Waals surface area contributed by atoms with E-state index in [2.05, 4.69) is 50.7 Å². The average Bonchev–Trinajstić information content (AvgIpc) is 3.19. The van der Waals surface area contributed by atoms with Crippen LogP contribution in [0.15, 0.2) is 61.2 Å². The Balaban J connectivity index is 1.56. The third kappa shape index (κ3) is 4.44. The largest absolute Gasteiger partial charge is 0.354 e. The summed E-state index contributed by atoms with van der Waals surface area (Å²) in [5, 5.41) is 3.17. The number of nitrogens with zero attached hydrogens (tertiary/aromatic N) is 4. The summed E-state index contributed by atoms with van der Waals surface area (Å²) in [5.74, 6) is 0.0448. The summed E-state index contributed by atoms with van der Waals surface area (Å²) in [4.78, 5) is 24.4. The first-order chi connectivity index (χ1) is 14.6. The van der Waals surface area contributed by atoms with Gasteiger partial charge in [-0.15, -0.1) is 0 Å². The maximum atomic E-state index is 13.4. The number of rotatable bonds is 7. The highest BCUT2D eigenvalue weighted by Crippen LogP contribution is 2.32. The number of hydrogen-bond donors (Lipinski definition) is 1. The molecule has 1 aromatic carbocycles. The molecule has 30 heavy (non-hydrogen) atoms. The van der Waals surface area contributed by atoms with E-state index in [9.17, 15) is 4.79 Å². The zero-order valence-corrected chi connectivity index (χ0v) is 17.7. The molecule has 1 unspecified atom stereocenters. The van der Waals surface area contributed by atoms with Gasteiger partial charge in [0, 0.05) is 44.5 Å². The SMILES string of the molecule is CC(C)n1cnc2c1C(C(=O)NCCc1ccncc1)N(Cc1ccccc1)CC2. The lowest BCUT2D eigenvalue weighted by Gasteiger charge is -2.36. The van der Waals surface area contributed by atoms with Crippen LogP contribution in [0.5, 0.6) is 0 Å². The van der Waals surface area contributed by atoms with Crippen molar-refractivity contribution in [2.45, 2.75) is 45.3 Å². The Labute approximate surface area is 178 Å². The van der Waals surface area contributed by atoms with Crippen LogP contribution in [0.1, 0.15) is 48.4 Å².